The Kier molecular flexibility index (Phi) is 7.76. The minimum Gasteiger partial charge on any atom is -0.497 e. The van der Waals surface area contributed by atoms with Crippen LogP contribution in [-0.2, 0) is 17.8 Å². The fourth-order valence-electron chi connectivity index (χ4n) is 5.31. The van der Waals surface area contributed by atoms with Gasteiger partial charge in [0.25, 0.3) is 0 Å². The molecule has 0 radical (unpaired) electrons. The first-order valence-corrected chi connectivity index (χ1v) is 13.2. The van der Waals surface area contributed by atoms with Crippen LogP contribution in [0.4, 0.5) is 5.82 Å². The van der Waals surface area contributed by atoms with E-state index in [2.05, 4.69) is 22.0 Å². The molecule has 5 rings (SSSR count). The minimum atomic E-state index is 0.492. The summed E-state index contributed by atoms with van der Waals surface area (Å²) in [7, 11) is 5.09. The first kappa shape index (κ1) is 26.6. The number of anilines is 1. The summed E-state index contributed by atoms with van der Waals surface area (Å²) >= 11 is 0. The van der Waals surface area contributed by atoms with Gasteiger partial charge in [-0.1, -0.05) is 0 Å². The Bertz CT molecular complexity index is 1500. The SMILES string of the molecule is COc1ccc(CNc2ccc3c4ncc(/C(=C(\C)N)N(C)N)cc4n(CC4CCOCC4)c3n2)c(OC)c1. The third-order valence-corrected chi connectivity index (χ3v) is 7.28. The molecule has 1 aliphatic heterocycles. The number of hydrogen-bond donors (Lipinski definition) is 3. The number of nitrogens with one attached hydrogen (secondary N) is 1. The molecule has 1 saturated heterocycles. The zero-order chi connectivity index (χ0) is 27.5. The maximum Gasteiger partial charge on any atom is 0.145 e. The number of methoxy groups -OCH3 is 2. The highest BCUT2D eigenvalue weighted by Crippen LogP contribution is 2.32. The van der Waals surface area contributed by atoms with E-state index in [0.29, 0.717) is 18.2 Å². The van der Waals surface area contributed by atoms with Crippen LogP contribution < -0.4 is 26.4 Å². The van der Waals surface area contributed by atoms with Crippen LogP contribution in [0.1, 0.15) is 30.9 Å². The van der Waals surface area contributed by atoms with Gasteiger partial charge in [-0.05, 0) is 56.0 Å². The molecule has 0 amide bonds. The van der Waals surface area contributed by atoms with Crippen LogP contribution in [0.25, 0.3) is 27.8 Å². The number of rotatable bonds is 9. The van der Waals surface area contributed by atoms with Crippen molar-refractivity contribution >= 4 is 33.6 Å². The molecule has 0 bridgehead atoms. The van der Waals surface area contributed by atoms with E-state index in [1.807, 2.05) is 37.4 Å². The summed E-state index contributed by atoms with van der Waals surface area (Å²) in [6.45, 7) is 4.80. The van der Waals surface area contributed by atoms with Crippen molar-refractivity contribution in [3.63, 3.8) is 0 Å². The lowest BCUT2D eigenvalue weighted by Gasteiger charge is -2.23. The van der Waals surface area contributed by atoms with E-state index in [-0.39, 0.29) is 0 Å². The van der Waals surface area contributed by atoms with Crippen LogP contribution >= 0.6 is 0 Å². The second-order valence-electron chi connectivity index (χ2n) is 10.00. The number of nitrogens with zero attached hydrogens (tertiary/aromatic N) is 4. The van der Waals surface area contributed by atoms with Gasteiger partial charge in [0.15, 0.2) is 0 Å². The van der Waals surface area contributed by atoms with Crippen molar-refractivity contribution in [3.05, 3.63) is 59.4 Å². The van der Waals surface area contributed by atoms with Gasteiger partial charge in [0.05, 0.1) is 31.0 Å². The molecule has 10 nitrogen and oxygen atoms in total. The zero-order valence-electron chi connectivity index (χ0n) is 23.0. The summed E-state index contributed by atoms with van der Waals surface area (Å²) in [6, 6.07) is 12.0. The van der Waals surface area contributed by atoms with E-state index in [4.69, 9.17) is 35.8 Å². The molecule has 39 heavy (non-hydrogen) atoms. The molecule has 3 aromatic heterocycles. The molecular formula is C29H37N7O3. The van der Waals surface area contributed by atoms with Crippen molar-refractivity contribution < 1.29 is 14.2 Å². The summed E-state index contributed by atoms with van der Waals surface area (Å²) in [5.41, 5.74) is 12.3. The maximum atomic E-state index is 6.19. The van der Waals surface area contributed by atoms with Crippen molar-refractivity contribution in [1.29, 1.82) is 0 Å². The summed E-state index contributed by atoms with van der Waals surface area (Å²) in [5, 5.41) is 6.01. The lowest BCUT2D eigenvalue weighted by atomic mass is 10.0. The zero-order valence-corrected chi connectivity index (χ0v) is 23.0. The summed E-state index contributed by atoms with van der Waals surface area (Å²) in [5.74, 6) is 8.91. The molecule has 0 saturated carbocycles. The van der Waals surface area contributed by atoms with Gasteiger partial charge in [-0.15, -0.1) is 0 Å². The van der Waals surface area contributed by atoms with Gasteiger partial charge >= 0.3 is 0 Å². The fraction of sp³-hybridized carbons (Fsp3) is 0.379. The Morgan fingerprint density at radius 2 is 1.95 bits per heavy atom. The second-order valence-corrected chi connectivity index (χ2v) is 10.00. The monoisotopic (exact) mass is 531 g/mol. The van der Waals surface area contributed by atoms with E-state index < -0.39 is 0 Å². The number of hydrogen-bond acceptors (Lipinski definition) is 9. The standard InChI is InChI=1S/C29H37N7O3/c1-18(30)28(35(2)31)21-13-24-27(33-16-21)23-7-8-26(32-15-20-5-6-22(37-3)14-25(20)38-4)34-29(23)36(24)17-19-9-11-39-12-10-19/h5-8,13-14,16,19H,9-12,15,17,30-31H2,1-4H3,(H,32,34)/b28-18-. The van der Waals surface area contributed by atoms with E-state index >= 15 is 0 Å². The molecule has 0 spiro atoms. The Morgan fingerprint density at radius 3 is 2.64 bits per heavy atom. The number of pyridine rings is 2. The normalized spacial score (nSPS) is 14.9. The van der Waals surface area contributed by atoms with Crippen LogP contribution in [0.3, 0.4) is 0 Å². The predicted molar refractivity (Wildman–Crippen MR) is 154 cm³/mol. The highest BCUT2D eigenvalue weighted by Gasteiger charge is 2.21. The number of fused-ring (bicyclic) bond motifs is 3. The largest absolute Gasteiger partial charge is 0.497 e. The van der Waals surface area contributed by atoms with Gasteiger partial charge < -0.3 is 34.8 Å². The topological polar surface area (TPSA) is 126 Å². The van der Waals surface area contributed by atoms with E-state index in [0.717, 1.165) is 88.8 Å². The highest BCUT2D eigenvalue weighted by atomic mass is 16.5. The lowest BCUT2D eigenvalue weighted by Crippen LogP contribution is -2.26. The van der Waals surface area contributed by atoms with Crippen molar-refractivity contribution in [2.75, 3.05) is 39.8 Å². The van der Waals surface area contributed by atoms with Crippen molar-refractivity contribution in [1.82, 2.24) is 19.5 Å². The number of allylic oxidation sites excluding steroid dienone is 1. The van der Waals surface area contributed by atoms with Gasteiger partial charge in [-0.25, -0.2) is 10.8 Å². The second kappa shape index (κ2) is 11.4. The van der Waals surface area contributed by atoms with Gasteiger partial charge in [-0.2, -0.15) is 0 Å². The maximum absolute atomic E-state index is 6.19. The molecule has 0 aliphatic carbocycles. The van der Waals surface area contributed by atoms with Crippen LogP contribution in [0, 0.1) is 5.92 Å². The molecule has 1 aromatic carbocycles. The summed E-state index contributed by atoms with van der Waals surface area (Å²) in [4.78, 5) is 9.93. The quantitative estimate of drug-likeness (QED) is 0.216. The lowest BCUT2D eigenvalue weighted by molar-refractivity contribution is 0.0619. The first-order chi connectivity index (χ1) is 18.9. The average molecular weight is 532 g/mol. The van der Waals surface area contributed by atoms with E-state index in [9.17, 15) is 0 Å². The third kappa shape index (κ3) is 5.43. The molecule has 10 heteroatoms. The summed E-state index contributed by atoms with van der Waals surface area (Å²) < 4.78 is 18.8. The minimum absolute atomic E-state index is 0.492. The highest BCUT2D eigenvalue weighted by molar-refractivity contribution is 6.05. The molecule has 1 fully saturated rings. The smallest absolute Gasteiger partial charge is 0.145 e. The van der Waals surface area contributed by atoms with E-state index in [1.54, 1.807) is 21.3 Å². The van der Waals surface area contributed by atoms with Gasteiger partial charge in [0, 0.05) is 67.8 Å². The number of hydrazine groups is 1. The number of ether oxygens (including phenoxy) is 3. The van der Waals surface area contributed by atoms with Crippen LogP contribution in [0.15, 0.2) is 48.3 Å². The van der Waals surface area contributed by atoms with Gasteiger partial charge in [0.1, 0.15) is 23.0 Å². The fourth-order valence-corrected chi connectivity index (χ4v) is 5.31. The number of aromatic nitrogens is 3. The van der Waals surface area contributed by atoms with Crippen LogP contribution in [0.5, 0.6) is 11.5 Å². The predicted octanol–water partition coefficient (Wildman–Crippen LogP) is 4.09. The summed E-state index contributed by atoms with van der Waals surface area (Å²) in [6.07, 6.45) is 3.86. The van der Waals surface area contributed by atoms with E-state index in [1.165, 1.54) is 5.01 Å². The molecule has 1 aliphatic rings. The molecule has 206 valence electrons. The molecule has 4 aromatic rings. The Morgan fingerprint density at radius 1 is 1.15 bits per heavy atom. The van der Waals surface area contributed by atoms with Crippen molar-refractivity contribution in [2.24, 2.45) is 17.5 Å². The average Bonchev–Trinajstić information content (AvgIpc) is 3.24. The third-order valence-electron chi connectivity index (χ3n) is 7.28. The Labute approximate surface area is 228 Å². The van der Waals surface area contributed by atoms with Crippen LogP contribution in [-0.4, -0.2) is 54.0 Å². The van der Waals surface area contributed by atoms with Crippen molar-refractivity contribution in [3.8, 4) is 11.5 Å². The number of benzene rings is 1. The number of nitrogens with two attached hydrogens (primary N) is 2. The van der Waals surface area contributed by atoms with Gasteiger partial charge in [0.2, 0.25) is 0 Å². The molecular weight excluding hydrogens is 494 g/mol. The first-order valence-electron chi connectivity index (χ1n) is 13.2. The Balaban J connectivity index is 1.56. The molecule has 5 N–H and O–H groups in total. The molecule has 4 heterocycles. The molecule has 0 atom stereocenters. The molecule has 0 unspecified atom stereocenters. The Hall–Kier alpha value is -4.02. The van der Waals surface area contributed by atoms with Crippen LogP contribution in [0.2, 0.25) is 0 Å². The van der Waals surface area contributed by atoms with Crippen molar-refractivity contribution in [2.45, 2.75) is 32.9 Å². The van der Waals surface area contributed by atoms with Gasteiger partial charge in [-0.3, -0.25) is 4.98 Å².